The van der Waals surface area contributed by atoms with Gasteiger partial charge in [0.15, 0.2) is 0 Å². The summed E-state index contributed by atoms with van der Waals surface area (Å²) in [6.07, 6.45) is -2.13. The number of carbonyl (C=O) groups excluding carboxylic acids is 6. The number of ether oxygens (including phenoxy) is 3. The van der Waals surface area contributed by atoms with Crippen molar-refractivity contribution < 1.29 is 117 Å². The van der Waals surface area contributed by atoms with Crippen molar-refractivity contribution in [2.24, 2.45) is 5.73 Å². The van der Waals surface area contributed by atoms with E-state index in [-0.39, 0.29) is 147 Å². The number of aliphatic hydroxyl groups excluding tert-OH is 1. The van der Waals surface area contributed by atoms with Crippen LogP contribution < -0.4 is 34.1 Å². The van der Waals surface area contributed by atoms with Gasteiger partial charge in [0.25, 0.3) is 41.1 Å². The summed E-state index contributed by atoms with van der Waals surface area (Å²) in [5.41, 5.74) is 14.5. The lowest BCUT2D eigenvalue weighted by Gasteiger charge is -2.15. The summed E-state index contributed by atoms with van der Waals surface area (Å²) in [6, 6.07) is 64.6. The van der Waals surface area contributed by atoms with Gasteiger partial charge in [0, 0.05) is 121 Å². The molecular weight excluding hydrogens is 2230 g/mol. The number of nitrogens with two attached hydrogens (primary N) is 1. The monoisotopic (exact) mass is 2320 g/mol. The van der Waals surface area contributed by atoms with Crippen LogP contribution in [0, 0.1) is 13.8 Å². The molecule has 0 radical (unpaired) electrons. The third-order valence-corrected chi connectivity index (χ3v) is 21.5. The van der Waals surface area contributed by atoms with Crippen molar-refractivity contribution in [2.45, 2.75) is 123 Å². The van der Waals surface area contributed by atoms with Crippen LogP contribution in [0.4, 0.5) is 39.5 Å². The number of aryl methyl sites for hydroxylation is 2. The summed E-state index contributed by atoms with van der Waals surface area (Å²) in [6.45, 7) is 3.86. The molecule has 3 aliphatic heterocycles. The Morgan fingerprint density at radius 2 is 0.607 bits per heavy atom. The average Bonchev–Trinajstić information content (AvgIpc) is 1.64. The Bertz CT molecular complexity index is 6280. The second-order valence-electron chi connectivity index (χ2n) is 27.8. The molecule has 17 rings (SSSR count). The molecule has 740 valence electrons. The third-order valence-electron chi connectivity index (χ3n) is 18.6. The van der Waals surface area contributed by atoms with E-state index in [0.29, 0.717) is 60.9 Å². The minimum Gasteiger partial charge on any atom is -0.405 e. The number of alkyl halides is 10. The Morgan fingerprint density at radius 3 is 0.886 bits per heavy atom. The molecule has 0 spiro atoms. The van der Waals surface area contributed by atoms with Crippen molar-refractivity contribution >= 4 is 131 Å². The fourth-order valence-corrected chi connectivity index (χ4v) is 13.8. The van der Waals surface area contributed by atoms with Crippen molar-refractivity contribution in [3.63, 3.8) is 0 Å². The minimum absolute atomic E-state index is 0. The lowest BCUT2D eigenvalue weighted by atomic mass is 10.1. The average molecular weight is 2330 g/mol. The minimum atomic E-state index is -4.86. The number of nitrogens with zero attached hydrogens (tertiary/aromatic N) is 11. The fourth-order valence-electron chi connectivity index (χ4n) is 12.2. The first-order valence-electron chi connectivity index (χ1n) is 38.8. The molecule has 6 amide bonds. The number of pyridine rings is 8. The number of aliphatic hydroxyl groups is 1. The predicted octanol–water partition coefficient (Wildman–Crippen LogP) is 24.9. The number of carbonyl (C=O) groups is 6. The van der Waals surface area contributed by atoms with E-state index in [9.17, 15) is 78.7 Å². The number of para-hydroxylation sites is 3. The van der Waals surface area contributed by atoms with Crippen molar-refractivity contribution in [3.05, 3.63) is 394 Å². The largest absolute Gasteiger partial charge is 0.573 e. The molecule has 0 saturated carbocycles. The molecule has 0 fully saturated rings. The van der Waals surface area contributed by atoms with Gasteiger partial charge in [-0.15, -0.1) is 39.5 Å². The highest BCUT2D eigenvalue weighted by molar-refractivity contribution is 9.11. The van der Waals surface area contributed by atoms with Gasteiger partial charge in [-0.05, 0) is 214 Å². The van der Waals surface area contributed by atoms with E-state index in [1.807, 2.05) is 62.4 Å². The summed E-state index contributed by atoms with van der Waals surface area (Å²) in [4.78, 5) is 97.8. The number of aromatic nitrogens is 8. The SMILES string of the molecule is BrCc1ccc(Br)cn1.C.C.C.C.C.C.C.Cc1ccc(Br)c[n+]1O.Cc1ccc(Br)cn1.NCc1ccc(-c2ccccc2OC(F)(F)F)c[n+]1O.O=C1c2ccccc2C(=O)N1Cc1ccc(-c2ccccc2OC(F)(F)F)c[n+]1O.O=C1c2ccccc2C(=O)N1Cc1ccc(-c2ccccc2OC(F)(F)F)cn1.O=C1c2ccccc2C(=O)N1Cc1ccc(Br)cn1.OCc1ccc(Br)cn1. The van der Waals surface area contributed by atoms with E-state index in [4.69, 9.17) is 16.0 Å². The number of amides is 6. The number of hydrogen-bond donors (Lipinski definition) is 5. The molecule has 8 aromatic heterocycles. The summed E-state index contributed by atoms with van der Waals surface area (Å²) < 4.78 is 132. The van der Waals surface area contributed by atoms with Crippen LogP contribution in [0.2, 0.25) is 0 Å². The molecule has 11 heterocycles. The second-order valence-corrected chi connectivity index (χ2v) is 32.9. The summed E-state index contributed by atoms with van der Waals surface area (Å²) in [5, 5.41) is 38.3. The molecule has 140 heavy (non-hydrogen) atoms. The van der Waals surface area contributed by atoms with Gasteiger partial charge in [0.2, 0.25) is 30.0 Å². The van der Waals surface area contributed by atoms with E-state index < -0.39 is 48.5 Å². The van der Waals surface area contributed by atoms with Crippen LogP contribution in [0.3, 0.4) is 0 Å². The zero-order valence-electron chi connectivity index (χ0n) is 69.1. The Morgan fingerprint density at radius 1 is 0.321 bits per heavy atom. The van der Waals surface area contributed by atoms with Crippen LogP contribution in [0.15, 0.2) is 315 Å². The van der Waals surface area contributed by atoms with Gasteiger partial charge in [0.1, 0.15) is 23.8 Å². The topological polar surface area (TPSA) is 323 Å². The van der Waals surface area contributed by atoms with Gasteiger partial charge in [-0.2, -0.15) is 0 Å². The van der Waals surface area contributed by atoms with Gasteiger partial charge < -0.3 is 25.1 Å². The van der Waals surface area contributed by atoms with Crippen LogP contribution in [0.1, 0.15) is 160 Å². The lowest BCUT2D eigenvalue weighted by Crippen LogP contribution is -2.40. The Balaban J connectivity index is 0.000000427. The normalized spacial score (nSPS) is 11.6. The van der Waals surface area contributed by atoms with E-state index in [2.05, 4.69) is 135 Å². The maximum Gasteiger partial charge on any atom is 0.573 e. The first kappa shape index (κ1) is 121. The van der Waals surface area contributed by atoms with E-state index in [0.717, 1.165) is 70.1 Å². The highest BCUT2D eigenvalue weighted by atomic mass is 79.9. The fraction of sp³-hybridized carbons (Fsp3) is 0.180. The highest BCUT2D eigenvalue weighted by Gasteiger charge is 2.40. The molecule has 14 aromatic rings. The van der Waals surface area contributed by atoms with Crippen LogP contribution in [-0.2, 0) is 38.1 Å². The zero-order valence-corrected chi connectivity index (χ0v) is 78.6. The molecule has 6 aromatic carbocycles. The number of rotatable bonds is 15. The molecule has 3 aliphatic rings. The first-order chi connectivity index (χ1) is 63.3. The van der Waals surface area contributed by atoms with Gasteiger partial charge in [0.05, 0.1) is 98.0 Å². The van der Waals surface area contributed by atoms with E-state index in [1.165, 1.54) is 96.3 Å². The molecule has 0 saturated heterocycles. The van der Waals surface area contributed by atoms with E-state index in [1.54, 1.807) is 146 Å². The van der Waals surface area contributed by atoms with Crippen molar-refractivity contribution in [1.82, 2.24) is 39.6 Å². The summed E-state index contributed by atoms with van der Waals surface area (Å²) in [5.74, 6) is -3.38. The van der Waals surface area contributed by atoms with Gasteiger partial charge in [-0.25, -0.2) is 0 Å². The van der Waals surface area contributed by atoms with Crippen LogP contribution >= 0.6 is 95.6 Å². The summed E-state index contributed by atoms with van der Waals surface area (Å²) in [7, 11) is 0. The number of benzene rings is 6. The molecule has 0 unspecified atom stereocenters. The molecule has 40 heteroatoms. The number of halogens is 15. The first-order valence-corrected chi connectivity index (χ1v) is 43.8. The molecule has 6 N–H and O–H groups in total. The predicted molar refractivity (Wildman–Crippen MR) is 532 cm³/mol. The quantitative estimate of drug-likeness (QED) is 0.0209. The smallest absolute Gasteiger partial charge is 0.405 e. The number of fused-ring (bicyclic) bond motifs is 3. The van der Waals surface area contributed by atoms with Gasteiger partial charge in [-0.3, -0.25) is 84.0 Å². The van der Waals surface area contributed by atoms with Crippen molar-refractivity contribution in [2.75, 3.05) is 0 Å². The lowest BCUT2D eigenvalue weighted by molar-refractivity contribution is -0.909. The van der Waals surface area contributed by atoms with E-state index >= 15 is 0 Å². The Labute approximate surface area is 854 Å². The highest BCUT2D eigenvalue weighted by Crippen LogP contribution is 2.38. The Kier molecular flexibility index (Phi) is 48.6. The standard InChI is InChI=1S/C21H14F3N2O4.C21H13F3N2O3.C14H9BrN2O2.C13H12F3N2O2.C6H5Br2N.C6H7BrNO.C6H6BrNO.C6H6BrN.7CH4/c22-21(23,24)30-18-8-4-3-5-15(18)13-9-10-14(26(29)11-13)12-25-19(27)16-6-1-2-7-17(16)20(25)28;22-21(23,24)29-18-8-4-3-5-15(18)13-9-10-14(25-11-13)12-26-19(27)16-6-1-2-7-17(16)20(26)28;15-9-5-6-10(16-7-9)8-17-13(18)11-3-1-2-4-12(11)14(17)19;14-13(15,16)20-12-4-2-1-3-11(12)9-5-6-10(7-17)18(19)8-9;7-3-6-2-1-5(8)4-9-6;1-5-2-3-6(7)4-8(5)9;7-5-1-2-6(4-9)8-3-5;1-5-2-3-6(7)4-8-5;;;;;;;/h1-11,29H,12H2;1-11H,12H2;1-7H,8H2;1-6,8,19H,7,17H2;1-2,4H,3H2;2-4,9H,1H3;1-3,9H,4H2;2-4H,1H3;7*1H4/q+1;;;+1;;+1;;;;;;;;;. The molecule has 0 atom stereocenters. The van der Waals surface area contributed by atoms with Crippen molar-refractivity contribution in [1.29, 1.82) is 0 Å². The molecule has 0 aliphatic carbocycles. The molecule has 0 bridgehead atoms. The van der Waals surface area contributed by atoms with Crippen LogP contribution in [0.5, 0.6) is 17.2 Å². The Hall–Kier alpha value is -13.1. The maximum atomic E-state index is 12.6. The molecule has 25 nitrogen and oxygen atoms in total. The summed E-state index contributed by atoms with van der Waals surface area (Å²) >= 11 is 19.6. The maximum absolute atomic E-state index is 12.6. The number of hydrogen-bond acceptors (Lipinski definition) is 19. The van der Waals surface area contributed by atoms with Gasteiger partial charge in [-0.1, -0.05) is 165 Å². The van der Waals surface area contributed by atoms with Crippen LogP contribution in [0.25, 0.3) is 33.4 Å². The van der Waals surface area contributed by atoms with Gasteiger partial charge >= 0.3 is 19.1 Å². The molecular formula is C100H100Br6F9N12O13+3. The third kappa shape index (κ3) is 34.8. The second kappa shape index (κ2) is 56.2. The van der Waals surface area contributed by atoms with Crippen LogP contribution in [-0.4, -0.2) is 115 Å². The zero-order chi connectivity index (χ0) is 96.4. The van der Waals surface area contributed by atoms with Crippen molar-refractivity contribution in [3.8, 4) is 50.6 Å². The number of imide groups is 3.